The minimum atomic E-state index is -0.480. The molecule has 0 aliphatic rings. The lowest BCUT2D eigenvalue weighted by atomic mass is 10.1. The van der Waals surface area contributed by atoms with E-state index in [-0.39, 0.29) is 17.4 Å². The van der Waals surface area contributed by atoms with Crippen molar-refractivity contribution < 1.29 is 14.7 Å². The second-order valence-corrected chi connectivity index (χ2v) is 4.38. The minimum Gasteiger partial charge on any atom is -0.512 e. The monoisotopic (exact) mass is 274 g/mol. The fourth-order valence-electron chi connectivity index (χ4n) is 1.57. The standard InChI is InChI=1S/C15H18N2O3/c1-10(13-7-5-4-6-8-13)17-15(20)14(11(2)18)9-16-12(3)19/h4-10,18H,1-3H3,(H,17,20)/t10-/m1/s1. The van der Waals surface area contributed by atoms with Crippen LogP contribution in [0.1, 0.15) is 32.4 Å². The smallest absolute Gasteiger partial charge is 0.256 e. The predicted octanol–water partition coefficient (Wildman–Crippen LogP) is 2.31. The molecule has 0 unspecified atom stereocenters. The molecular weight excluding hydrogens is 256 g/mol. The minimum absolute atomic E-state index is 0.0250. The van der Waals surface area contributed by atoms with Crippen molar-refractivity contribution in [3.05, 3.63) is 47.2 Å². The second-order valence-electron chi connectivity index (χ2n) is 4.38. The number of rotatable bonds is 4. The number of hydrogen-bond acceptors (Lipinski definition) is 3. The maximum absolute atomic E-state index is 12.0. The molecule has 0 saturated heterocycles. The quantitative estimate of drug-likeness (QED) is 0.502. The number of aliphatic hydroxyl groups excluding tert-OH is 1. The summed E-state index contributed by atoms with van der Waals surface area (Å²) in [5, 5.41) is 12.2. The summed E-state index contributed by atoms with van der Waals surface area (Å²) in [4.78, 5) is 26.4. The number of aliphatic hydroxyl groups is 1. The lowest BCUT2D eigenvalue weighted by Crippen LogP contribution is -2.29. The highest BCUT2D eigenvalue weighted by Crippen LogP contribution is 2.12. The van der Waals surface area contributed by atoms with E-state index in [0.717, 1.165) is 11.8 Å². The van der Waals surface area contributed by atoms with Crippen LogP contribution in [0.5, 0.6) is 0 Å². The molecule has 0 aliphatic carbocycles. The third-order valence-electron chi connectivity index (χ3n) is 2.66. The Balaban J connectivity index is 2.83. The molecule has 1 aromatic carbocycles. The van der Waals surface area contributed by atoms with E-state index in [1.165, 1.54) is 13.8 Å². The van der Waals surface area contributed by atoms with Gasteiger partial charge in [-0.1, -0.05) is 30.3 Å². The van der Waals surface area contributed by atoms with Gasteiger partial charge in [-0.25, -0.2) is 4.99 Å². The van der Waals surface area contributed by atoms with E-state index < -0.39 is 11.8 Å². The van der Waals surface area contributed by atoms with Gasteiger partial charge in [0.25, 0.3) is 5.91 Å². The van der Waals surface area contributed by atoms with Gasteiger partial charge in [0.2, 0.25) is 5.91 Å². The molecule has 1 rings (SSSR count). The van der Waals surface area contributed by atoms with Crippen molar-refractivity contribution >= 4 is 18.0 Å². The fraction of sp³-hybridized carbons (Fsp3) is 0.267. The molecule has 5 nitrogen and oxygen atoms in total. The Morgan fingerprint density at radius 1 is 1.25 bits per heavy atom. The second kappa shape index (κ2) is 7.23. The number of amides is 2. The van der Waals surface area contributed by atoms with E-state index in [4.69, 9.17) is 0 Å². The molecule has 0 aromatic heterocycles. The van der Waals surface area contributed by atoms with E-state index >= 15 is 0 Å². The predicted molar refractivity (Wildman–Crippen MR) is 77.5 cm³/mol. The number of benzene rings is 1. The van der Waals surface area contributed by atoms with Crippen LogP contribution in [0, 0.1) is 0 Å². The summed E-state index contributed by atoms with van der Waals surface area (Å²) in [5.41, 5.74) is 0.919. The van der Waals surface area contributed by atoms with Crippen LogP contribution in [0.3, 0.4) is 0 Å². The number of hydrogen-bond donors (Lipinski definition) is 2. The zero-order chi connectivity index (χ0) is 15.1. The molecule has 0 spiro atoms. The van der Waals surface area contributed by atoms with Gasteiger partial charge in [-0.05, 0) is 19.4 Å². The Labute approximate surface area is 118 Å². The van der Waals surface area contributed by atoms with Crippen molar-refractivity contribution in [1.29, 1.82) is 0 Å². The molecular formula is C15H18N2O3. The highest BCUT2D eigenvalue weighted by Gasteiger charge is 2.15. The average molecular weight is 274 g/mol. The van der Waals surface area contributed by atoms with Crippen LogP contribution in [-0.4, -0.2) is 23.1 Å². The first-order valence-electron chi connectivity index (χ1n) is 6.22. The van der Waals surface area contributed by atoms with Gasteiger partial charge in [-0.3, -0.25) is 9.59 Å². The highest BCUT2D eigenvalue weighted by molar-refractivity contribution is 6.14. The molecule has 0 radical (unpaired) electrons. The molecule has 0 aliphatic heterocycles. The summed E-state index contributed by atoms with van der Waals surface area (Å²) in [5.74, 6) is -1.10. The van der Waals surface area contributed by atoms with Crippen molar-refractivity contribution in [3.63, 3.8) is 0 Å². The fourth-order valence-corrected chi connectivity index (χ4v) is 1.57. The lowest BCUT2D eigenvalue weighted by Gasteiger charge is -2.14. The Kier molecular flexibility index (Phi) is 5.65. The number of carbonyl (C=O) groups excluding carboxylic acids is 2. The van der Waals surface area contributed by atoms with Gasteiger partial charge in [0.15, 0.2) is 0 Å². The molecule has 20 heavy (non-hydrogen) atoms. The molecule has 0 bridgehead atoms. The summed E-state index contributed by atoms with van der Waals surface area (Å²) in [6.07, 6.45) is 1.07. The van der Waals surface area contributed by atoms with Gasteiger partial charge in [-0.2, -0.15) is 0 Å². The number of nitrogens with zero attached hydrogens (tertiary/aromatic N) is 1. The van der Waals surface area contributed by atoms with Crippen LogP contribution >= 0.6 is 0 Å². The summed E-state index contributed by atoms with van der Waals surface area (Å²) >= 11 is 0. The molecule has 106 valence electrons. The van der Waals surface area contributed by atoms with Crippen molar-refractivity contribution in [2.24, 2.45) is 4.99 Å². The van der Waals surface area contributed by atoms with Gasteiger partial charge in [0, 0.05) is 13.1 Å². The average Bonchev–Trinajstić information content (AvgIpc) is 2.39. The van der Waals surface area contributed by atoms with Crippen LogP contribution in [0.2, 0.25) is 0 Å². The van der Waals surface area contributed by atoms with Gasteiger partial charge >= 0.3 is 0 Å². The zero-order valence-corrected chi connectivity index (χ0v) is 11.8. The molecule has 5 heteroatoms. The maximum Gasteiger partial charge on any atom is 0.256 e. The molecule has 1 aromatic rings. The number of allylic oxidation sites excluding steroid dienone is 1. The Hall–Kier alpha value is -2.43. The van der Waals surface area contributed by atoms with Gasteiger partial charge < -0.3 is 10.4 Å². The summed E-state index contributed by atoms with van der Waals surface area (Å²) in [7, 11) is 0. The largest absolute Gasteiger partial charge is 0.512 e. The third-order valence-corrected chi connectivity index (χ3v) is 2.66. The van der Waals surface area contributed by atoms with E-state index in [1.807, 2.05) is 37.3 Å². The van der Waals surface area contributed by atoms with Gasteiger partial charge in [-0.15, -0.1) is 0 Å². The maximum atomic E-state index is 12.0. The number of nitrogens with one attached hydrogen (secondary N) is 1. The van der Waals surface area contributed by atoms with Crippen molar-refractivity contribution in [2.45, 2.75) is 26.8 Å². The third kappa shape index (κ3) is 4.68. The van der Waals surface area contributed by atoms with Gasteiger partial charge in [0.05, 0.1) is 11.6 Å². The molecule has 2 amide bonds. The first kappa shape index (κ1) is 15.6. The molecule has 1 atom stereocenters. The van der Waals surface area contributed by atoms with E-state index in [2.05, 4.69) is 10.3 Å². The summed E-state index contributed by atoms with van der Waals surface area (Å²) < 4.78 is 0. The van der Waals surface area contributed by atoms with Crippen LogP contribution in [0.4, 0.5) is 0 Å². The first-order valence-corrected chi connectivity index (χ1v) is 6.22. The zero-order valence-electron chi connectivity index (χ0n) is 11.8. The van der Waals surface area contributed by atoms with Crippen molar-refractivity contribution in [3.8, 4) is 0 Å². The highest BCUT2D eigenvalue weighted by atomic mass is 16.3. The number of aliphatic imine (C=N–C) groups is 1. The Bertz CT molecular complexity index is 543. The summed E-state index contributed by atoms with van der Waals surface area (Å²) in [6, 6.07) is 9.21. The normalized spacial score (nSPS) is 13.8. The van der Waals surface area contributed by atoms with E-state index in [9.17, 15) is 14.7 Å². The molecule has 0 fully saturated rings. The summed E-state index contributed by atoms with van der Waals surface area (Å²) in [6.45, 7) is 4.47. The Morgan fingerprint density at radius 2 is 1.85 bits per heavy atom. The van der Waals surface area contributed by atoms with Gasteiger partial charge in [0.1, 0.15) is 5.76 Å². The van der Waals surface area contributed by atoms with E-state index in [0.29, 0.717) is 0 Å². The lowest BCUT2D eigenvalue weighted by molar-refractivity contribution is -0.117. The van der Waals surface area contributed by atoms with Crippen molar-refractivity contribution in [2.75, 3.05) is 0 Å². The molecule has 0 heterocycles. The van der Waals surface area contributed by atoms with Crippen LogP contribution in [0.25, 0.3) is 0 Å². The first-order chi connectivity index (χ1) is 9.41. The topological polar surface area (TPSA) is 78.8 Å². The van der Waals surface area contributed by atoms with Crippen LogP contribution in [-0.2, 0) is 9.59 Å². The number of carbonyl (C=O) groups is 2. The van der Waals surface area contributed by atoms with Crippen LogP contribution < -0.4 is 5.32 Å². The van der Waals surface area contributed by atoms with Crippen molar-refractivity contribution in [1.82, 2.24) is 5.32 Å². The van der Waals surface area contributed by atoms with E-state index in [1.54, 1.807) is 0 Å². The van der Waals surface area contributed by atoms with Crippen LogP contribution in [0.15, 0.2) is 46.7 Å². The SMILES string of the molecule is CC(=O)N=CC(C(=O)N[C@H](C)c1ccccc1)=C(C)O. The molecule has 2 N–H and O–H groups in total. The Morgan fingerprint density at radius 3 is 2.35 bits per heavy atom. The molecule has 0 saturated carbocycles.